The molecule has 0 unspecified atom stereocenters. The lowest BCUT2D eigenvalue weighted by atomic mass is 10.1. The Morgan fingerprint density at radius 2 is 1.70 bits per heavy atom. The van der Waals surface area contributed by atoms with E-state index in [9.17, 15) is 19.5 Å². The van der Waals surface area contributed by atoms with Gasteiger partial charge in [0.05, 0.1) is 18.0 Å². The highest BCUT2D eigenvalue weighted by molar-refractivity contribution is 5.97. The highest BCUT2D eigenvalue weighted by Gasteiger charge is 2.21. The predicted octanol–water partition coefficient (Wildman–Crippen LogP) is 5.40. The van der Waals surface area contributed by atoms with Crippen LogP contribution in [0.5, 0.6) is 0 Å². The van der Waals surface area contributed by atoms with Gasteiger partial charge in [0.2, 0.25) is 0 Å². The zero-order chi connectivity index (χ0) is 28.7. The molecule has 0 aliphatic rings. The molecule has 2 aromatic carbocycles. The van der Waals surface area contributed by atoms with Crippen LogP contribution in [0.2, 0.25) is 0 Å². The third-order valence-electron chi connectivity index (χ3n) is 6.36. The smallest absolute Gasteiger partial charge is 0.326 e. The van der Waals surface area contributed by atoms with Crippen LogP contribution < -0.4 is 5.32 Å². The van der Waals surface area contributed by atoms with E-state index in [2.05, 4.69) is 41.5 Å². The second-order valence-corrected chi connectivity index (χ2v) is 9.49. The fourth-order valence-corrected chi connectivity index (χ4v) is 4.05. The Morgan fingerprint density at radius 1 is 0.950 bits per heavy atom. The zero-order valence-corrected chi connectivity index (χ0v) is 22.7. The number of rotatable bonds is 16. The van der Waals surface area contributed by atoms with Crippen molar-refractivity contribution in [2.24, 2.45) is 0 Å². The number of carbonyl (C=O) groups is 3. The number of pyridine rings is 1. The molecule has 3 N–H and O–H groups in total. The number of hydrogen-bond donors (Lipinski definition) is 3. The van der Waals surface area contributed by atoms with E-state index in [4.69, 9.17) is 9.84 Å². The van der Waals surface area contributed by atoms with E-state index in [1.54, 1.807) is 18.2 Å². The van der Waals surface area contributed by atoms with Crippen molar-refractivity contribution in [3.05, 3.63) is 100 Å². The molecule has 3 rings (SSSR count). The van der Waals surface area contributed by atoms with Crippen LogP contribution in [-0.2, 0) is 33.8 Å². The molecule has 0 aliphatic carbocycles. The molecule has 1 amide bonds. The average molecular weight is 545 g/mol. The first-order valence-corrected chi connectivity index (χ1v) is 13.5. The number of nitrogens with zero attached hydrogens (tertiary/aromatic N) is 1. The molecule has 40 heavy (non-hydrogen) atoms. The van der Waals surface area contributed by atoms with Crippen molar-refractivity contribution in [3.8, 4) is 0 Å². The summed E-state index contributed by atoms with van der Waals surface area (Å²) in [6.07, 6.45) is 7.23. The molecule has 0 saturated carbocycles. The van der Waals surface area contributed by atoms with Gasteiger partial charge < -0.3 is 20.3 Å². The minimum Gasteiger partial charge on any atom is -0.481 e. The highest BCUT2D eigenvalue weighted by Crippen LogP contribution is 2.12. The number of carbonyl (C=O) groups excluding carboxylic acids is 1. The Morgan fingerprint density at radius 3 is 2.42 bits per heavy atom. The molecule has 0 saturated heterocycles. The monoisotopic (exact) mass is 544 g/mol. The fraction of sp³-hybridized carbons (Fsp3) is 0.312. The molecule has 3 aromatic rings. The number of nitrogens with one attached hydrogen (secondary N) is 1. The van der Waals surface area contributed by atoms with Gasteiger partial charge in [-0.2, -0.15) is 0 Å². The van der Waals surface area contributed by atoms with Crippen molar-refractivity contribution >= 4 is 30.0 Å². The number of amides is 1. The van der Waals surface area contributed by atoms with Crippen LogP contribution in [0.1, 0.15) is 71.0 Å². The number of hydrogen-bond acceptors (Lipinski definition) is 5. The summed E-state index contributed by atoms with van der Waals surface area (Å²) in [5.74, 6) is -2.99. The maximum absolute atomic E-state index is 12.6. The van der Waals surface area contributed by atoms with E-state index < -0.39 is 23.9 Å². The third-order valence-corrected chi connectivity index (χ3v) is 6.36. The minimum absolute atomic E-state index is 0.199. The van der Waals surface area contributed by atoms with Crippen LogP contribution in [0.15, 0.2) is 66.7 Å². The zero-order valence-electron chi connectivity index (χ0n) is 22.7. The molecule has 210 valence electrons. The van der Waals surface area contributed by atoms with E-state index in [0.717, 1.165) is 42.6 Å². The van der Waals surface area contributed by atoms with E-state index in [1.807, 2.05) is 36.4 Å². The molecule has 1 aromatic heterocycles. The van der Waals surface area contributed by atoms with E-state index in [-0.39, 0.29) is 18.4 Å². The first-order chi connectivity index (χ1) is 19.3. The Balaban J connectivity index is 1.47. The number of carboxylic acids is 2. The molecule has 0 radical (unpaired) electrons. The van der Waals surface area contributed by atoms with Crippen molar-refractivity contribution in [1.82, 2.24) is 10.3 Å². The summed E-state index contributed by atoms with van der Waals surface area (Å²) in [7, 11) is 0. The Kier molecular flexibility index (Phi) is 12.1. The summed E-state index contributed by atoms with van der Waals surface area (Å²) >= 11 is 0. The van der Waals surface area contributed by atoms with Crippen LogP contribution in [-0.4, -0.2) is 45.7 Å². The summed E-state index contributed by atoms with van der Waals surface area (Å²) in [6.45, 7) is 3.25. The van der Waals surface area contributed by atoms with Crippen LogP contribution in [0.3, 0.4) is 0 Å². The molecule has 8 nitrogen and oxygen atoms in total. The van der Waals surface area contributed by atoms with Crippen molar-refractivity contribution < 1.29 is 29.3 Å². The molecular formula is C32H36N2O6. The van der Waals surface area contributed by atoms with Gasteiger partial charge in [-0.15, -0.1) is 0 Å². The SMILES string of the molecule is CCc1ccc(CCCCOCc2cccc(/C=C/c3cccc(C(=O)N[C@@H](CCC(=O)O)C(=O)O)c3)n2)cc1. The molecular weight excluding hydrogens is 508 g/mol. The van der Waals surface area contributed by atoms with Gasteiger partial charge in [-0.05, 0) is 79.1 Å². The first-order valence-electron chi connectivity index (χ1n) is 13.5. The van der Waals surface area contributed by atoms with Crippen LogP contribution in [0, 0.1) is 0 Å². The van der Waals surface area contributed by atoms with Crippen molar-refractivity contribution in [3.63, 3.8) is 0 Å². The highest BCUT2D eigenvalue weighted by atomic mass is 16.5. The fourth-order valence-electron chi connectivity index (χ4n) is 4.05. The van der Waals surface area contributed by atoms with Gasteiger partial charge in [0, 0.05) is 18.6 Å². The summed E-state index contributed by atoms with van der Waals surface area (Å²) in [5.41, 5.74) is 5.28. The number of carboxylic acid groups (broad SMARTS) is 2. The number of ether oxygens (including phenoxy) is 1. The molecule has 0 spiro atoms. The molecule has 8 heteroatoms. The van der Waals surface area contributed by atoms with Gasteiger partial charge in [0.1, 0.15) is 6.04 Å². The lowest BCUT2D eigenvalue weighted by Crippen LogP contribution is -2.41. The van der Waals surface area contributed by atoms with Gasteiger partial charge in [-0.3, -0.25) is 14.6 Å². The maximum atomic E-state index is 12.6. The van der Waals surface area contributed by atoms with Gasteiger partial charge in [0.15, 0.2) is 0 Å². The van der Waals surface area contributed by atoms with E-state index in [0.29, 0.717) is 13.2 Å². The summed E-state index contributed by atoms with van der Waals surface area (Å²) in [6, 6.07) is 19.9. The molecule has 0 fully saturated rings. The second kappa shape index (κ2) is 16.0. The van der Waals surface area contributed by atoms with Crippen molar-refractivity contribution in [1.29, 1.82) is 0 Å². The maximum Gasteiger partial charge on any atom is 0.326 e. The van der Waals surface area contributed by atoms with Gasteiger partial charge in [-0.1, -0.05) is 55.5 Å². The quantitative estimate of drug-likeness (QED) is 0.206. The number of unbranched alkanes of at least 4 members (excludes halogenated alkanes) is 1. The van der Waals surface area contributed by atoms with Crippen molar-refractivity contribution in [2.75, 3.05) is 6.61 Å². The first kappa shape index (κ1) is 30.2. The number of benzene rings is 2. The lowest BCUT2D eigenvalue weighted by molar-refractivity contribution is -0.140. The number of aryl methyl sites for hydroxylation is 2. The van der Waals surface area contributed by atoms with Gasteiger partial charge in [0.25, 0.3) is 5.91 Å². The minimum atomic E-state index is -1.28. The summed E-state index contributed by atoms with van der Waals surface area (Å²) < 4.78 is 5.83. The number of aromatic nitrogens is 1. The van der Waals surface area contributed by atoms with E-state index in [1.165, 1.54) is 11.1 Å². The van der Waals surface area contributed by atoms with Crippen LogP contribution in [0.25, 0.3) is 12.2 Å². The standard InChI is InChI=1S/C32H36N2O6/c1-2-23-12-14-24(15-13-23)7-3-4-20-40-22-28-11-6-10-27(33-28)17-16-25-8-5-9-26(21-25)31(37)34-29(32(38)39)18-19-30(35)36/h5-6,8-17,21,29H,2-4,7,18-20,22H2,1H3,(H,34,37)(H,35,36)(H,38,39)/b17-16+/t29-/m0/s1. The predicted molar refractivity (Wildman–Crippen MR) is 154 cm³/mol. The molecule has 0 bridgehead atoms. The van der Waals surface area contributed by atoms with Crippen molar-refractivity contribution in [2.45, 2.75) is 58.1 Å². The third kappa shape index (κ3) is 10.5. The lowest BCUT2D eigenvalue weighted by Gasteiger charge is -2.13. The van der Waals surface area contributed by atoms with E-state index >= 15 is 0 Å². The Labute approximate surface area is 234 Å². The Hall–Kier alpha value is -4.30. The summed E-state index contributed by atoms with van der Waals surface area (Å²) in [4.78, 5) is 39.3. The van der Waals surface area contributed by atoms with Gasteiger partial charge in [-0.25, -0.2) is 4.79 Å². The molecule has 0 aliphatic heterocycles. The normalized spacial score (nSPS) is 11.8. The summed E-state index contributed by atoms with van der Waals surface area (Å²) in [5, 5.41) is 20.5. The topological polar surface area (TPSA) is 126 Å². The average Bonchev–Trinajstić information content (AvgIpc) is 2.96. The molecule has 1 atom stereocenters. The largest absolute Gasteiger partial charge is 0.481 e. The van der Waals surface area contributed by atoms with Crippen LogP contribution in [0.4, 0.5) is 0 Å². The second-order valence-electron chi connectivity index (χ2n) is 9.49. The van der Waals surface area contributed by atoms with Crippen LogP contribution >= 0.6 is 0 Å². The van der Waals surface area contributed by atoms with Gasteiger partial charge >= 0.3 is 11.9 Å². The molecule has 1 heterocycles. The number of aliphatic carboxylic acids is 2. The Bertz CT molecular complexity index is 1300.